The average Bonchev–Trinajstić information content (AvgIpc) is 3.21. The van der Waals surface area contributed by atoms with E-state index in [1.54, 1.807) is 22.1 Å². The molecule has 3 heterocycles. The Bertz CT molecular complexity index is 850. The van der Waals surface area contributed by atoms with Crippen LogP contribution < -0.4 is 10.5 Å². The summed E-state index contributed by atoms with van der Waals surface area (Å²) in [5.41, 5.74) is 2.32. The van der Waals surface area contributed by atoms with Gasteiger partial charge in [0.25, 0.3) is 5.56 Å². The van der Waals surface area contributed by atoms with Crippen molar-refractivity contribution in [3.05, 3.63) is 32.7 Å². The van der Waals surface area contributed by atoms with Crippen LogP contribution in [0.25, 0.3) is 0 Å². The van der Waals surface area contributed by atoms with Gasteiger partial charge >= 0.3 is 0 Å². The molecule has 8 heteroatoms. The molecule has 2 aliphatic carbocycles. The minimum Gasteiger partial charge on any atom is -0.344 e. The van der Waals surface area contributed by atoms with Gasteiger partial charge in [0.05, 0.1) is 12.2 Å². The maximum atomic E-state index is 12.2. The molecule has 7 nitrogen and oxygen atoms in total. The molecule has 26 heavy (non-hydrogen) atoms. The molecular weight excluding hydrogens is 348 g/mol. The SMILES string of the molecule is O=c1cc2c(nn1CCN1CCN(c3nnc(C4CC4)s3)CC1)CCC2. The maximum absolute atomic E-state index is 12.2. The minimum absolute atomic E-state index is 0.0470. The minimum atomic E-state index is 0.0470. The Kier molecular flexibility index (Phi) is 4.24. The maximum Gasteiger partial charge on any atom is 0.267 e. The second kappa shape index (κ2) is 6.74. The van der Waals surface area contributed by atoms with Gasteiger partial charge in [0.2, 0.25) is 5.13 Å². The lowest BCUT2D eigenvalue weighted by Crippen LogP contribution is -2.47. The molecule has 1 aliphatic heterocycles. The Morgan fingerprint density at radius 3 is 2.73 bits per heavy atom. The normalized spacial score (nSPS) is 20.5. The molecule has 2 aromatic heterocycles. The molecule has 0 amide bonds. The molecule has 138 valence electrons. The van der Waals surface area contributed by atoms with Crippen LogP contribution in [0.5, 0.6) is 0 Å². The highest BCUT2D eigenvalue weighted by molar-refractivity contribution is 7.15. The van der Waals surface area contributed by atoms with Crippen molar-refractivity contribution in [3.8, 4) is 0 Å². The molecule has 0 atom stereocenters. The van der Waals surface area contributed by atoms with Crippen LogP contribution in [0.3, 0.4) is 0 Å². The molecule has 1 saturated carbocycles. The number of aryl methyl sites for hydroxylation is 2. The van der Waals surface area contributed by atoms with E-state index in [0.29, 0.717) is 12.5 Å². The van der Waals surface area contributed by atoms with Gasteiger partial charge in [-0.15, -0.1) is 10.2 Å². The van der Waals surface area contributed by atoms with Gasteiger partial charge in [0.1, 0.15) is 5.01 Å². The number of nitrogens with zero attached hydrogens (tertiary/aromatic N) is 6. The van der Waals surface area contributed by atoms with Gasteiger partial charge in [-0.05, 0) is 37.7 Å². The Hall–Kier alpha value is -1.80. The fourth-order valence-electron chi connectivity index (χ4n) is 3.85. The van der Waals surface area contributed by atoms with Gasteiger partial charge in [-0.1, -0.05) is 11.3 Å². The highest BCUT2D eigenvalue weighted by Gasteiger charge is 2.29. The average molecular weight is 372 g/mol. The largest absolute Gasteiger partial charge is 0.344 e. The fourth-order valence-corrected chi connectivity index (χ4v) is 4.91. The monoisotopic (exact) mass is 372 g/mol. The Labute approximate surface area is 156 Å². The zero-order chi connectivity index (χ0) is 17.5. The summed E-state index contributed by atoms with van der Waals surface area (Å²) in [7, 11) is 0. The second-order valence-electron chi connectivity index (χ2n) is 7.56. The Balaban J connectivity index is 1.15. The predicted molar refractivity (Wildman–Crippen MR) is 101 cm³/mol. The van der Waals surface area contributed by atoms with Crippen molar-refractivity contribution in [2.45, 2.75) is 44.6 Å². The quantitative estimate of drug-likeness (QED) is 0.788. The van der Waals surface area contributed by atoms with Crippen LogP contribution in [-0.2, 0) is 19.4 Å². The van der Waals surface area contributed by atoms with Crippen LogP contribution in [0.15, 0.2) is 10.9 Å². The van der Waals surface area contributed by atoms with Crippen LogP contribution >= 0.6 is 11.3 Å². The van der Waals surface area contributed by atoms with Crippen LogP contribution in [0.1, 0.15) is 41.4 Å². The van der Waals surface area contributed by atoms with Crippen molar-refractivity contribution in [1.82, 2.24) is 24.9 Å². The van der Waals surface area contributed by atoms with Gasteiger partial charge in [0, 0.05) is 44.7 Å². The van der Waals surface area contributed by atoms with Gasteiger partial charge in [-0.3, -0.25) is 9.69 Å². The molecule has 5 rings (SSSR count). The van der Waals surface area contributed by atoms with E-state index in [-0.39, 0.29) is 5.56 Å². The molecule has 0 radical (unpaired) electrons. The number of hydrogen-bond acceptors (Lipinski definition) is 7. The lowest BCUT2D eigenvalue weighted by molar-refractivity contribution is 0.242. The van der Waals surface area contributed by atoms with Crippen molar-refractivity contribution in [2.24, 2.45) is 0 Å². The number of anilines is 1. The van der Waals surface area contributed by atoms with Crippen LogP contribution in [-0.4, -0.2) is 57.6 Å². The summed E-state index contributed by atoms with van der Waals surface area (Å²) < 4.78 is 1.66. The van der Waals surface area contributed by atoms with Gasteiger partial charge in [0.15, 0.2) is 0 Å². The second-order valence-corrected chi connectivity index (χ2v) is 8.54. The first-order valence-electron chi connectivity index (χ1n) is 9.67. The van der Waals surface area contributed by atoms with Crippen molar-refractivity contribution in [3.63, 3.8) is 0 Å². The number of aromatic nitrogens is 4. The molecule has 2 fully saturated rings. The van der Waals surface area contributed by atoms with Crippen LogP contribution in [0.4, 0.5) is 5.13 Å². The highest BCUT2D eigenvalue weighted by Crippen LogP contribution is 2.42. The summed E-state index contributed by atoms with van der Waals surface area (Å²) in [6, 6.07) is 1.79. The van der Waals surface area contributed by atoms with E-state index in [1.165, 1.54) is 17.8 Å². The first kappa shape index (κ1) is 16.4. The first-order chi connectivity index (χ1) is 12.8. The highest BCUT2D eigenvalue weighted by atomic mass is 32.1. The van der Waals surface area contributed by atoms with E-state index < -0.39 is 0 Å². The number of hydrogen-bond donors (Lipinski definition) is 0. The number of fused-ring (bicyclic) bond motifs is 1. The Morgan fingerprint density at radius 2 is 1.92 bits per heavy atom. The van der Waals surface area contributed by atoms with Gasteiger partial charge in [-0.2, -0.15) is 5.10 Å². The van der Waals surface area contributed by atoms with Crippen molar-refractivity contribution < 1.29 is 0 Å². The summed E-state index contributed by atoms with van der Waals surface area (Å²) in [4.78, 5) is 17.0. The van der Waals surface area contributed by atoms with E-state index >= 15 is 0 Å². The van der Waals surface area contributed by atoms with Gasteiger partial charge < -0.3 is 4.90 Å². The third kappa shape index (κ3) is 3.27. The zero-order valence-electron chi connectivity index (χ0n) is 14.9. The molecule has 0 N–H and O–H groups in total. The molecule has 0 spiro atoms. The van der Waals surface area contributed by atoms with Crippen LogP contribution in [0, 0.1) is 0 Å². The van der Waals surface area contributed by atoms with E-state index in [4.69, 9.17) is 0 Å². The van der Waals surface area contributed by atoms with Crippen LogP contribution in [0.2, 0.25) is 0 Å². The first-order valence-corrected chi connectivity index (χ1v) is 10.5. The summed E-state index contributed by atoms with van der Waals surface area (Å²) in [6.07, 6.45) is 5.70. The van der Waals surface area contributed by atoms with Crippen molar-refractivity contribution in [2.75, 3.05) is 37.6 Å². The standard InChI is InChI=1S/C18H24N6OS/c25-16-12-14-2-1-3-15(14)21-24(16)11-8-22-6-9-23(10-7-22)18-20-19-17(26-18)13-4-5-13/h12-13H,1-11H2. The molecular formula is C18H24N6OS. The predicted octanol–water partition coefficient (Wildman–Crippen LogP) is 1.28. The number of piperazine rings is 1. The number of rotatable bonds is 5. The summed E-state index contributed by atoms with van der Waals surface area (Å²) in [5.74, 6) is 0.681. The van der Waals surface area contributed by atoms with E-state index in [0.717, 1.165) is 68.4 Å². The summed E-state index contributed by atoms with van der Waals surface area (Å²) in [5, 5.41) is 15.6. The van der Waals surface area contributed by atoms with Crippen molar-refractivity contribution >= 4 is 16.5 Å². The third-order valence-electron chi connectivity index (χ3n) is 5.65. The Morgan fingerprint density at radius 1 is 1.08 bits per heavy atom. The molecule has 0 bridgehead atoms. The molecule has 3 aliphatic rings. The van der Waals surface area contributed by atoms with Gasteiger partial charge in [-0.25, -0.2) is 4.68 Å². The third-order valence-corrected chi connectivity index (χ3v) is 6.80. The van der Waals surface area contributed by atoms with E-state index in [2.05, 4.69) is 25.1 Å². The lowest BCUT2D eigenvalue weighted by atomic mass is 10.2. The summed E-state index contributed by atoms with van der Waals surface area (Å²) in [6.45, 7) is 5.51. The smallest absolute Gasteiger partial charge is 0.267 e. The fraction of sp³-hybridized carbons (Fsp3) is 0.667. The molecule has 0 aromatic carbocycles. The van der Waals surface area contributed by atoms with E-state index in [1.807, 2.05) is 0 Å². The topological polar surface area (TPSA) is 67.2 Å². The van der Waals surface area contributed by atoms with E-state index in [9.17, 15) is 4.79 Å². The molecule has 2 aromatic rings. The summed E-state index contributed by atoms with van der Waals surface area (Å²) >= 11 is 1.76. The molecule has 1 saturated heterocycles. The zero-order valence-corrected chi connectivity index (χ0v) is 15.7. The molecule has 0 unspecified atom stereocenters. The lowest BCUT2D eigenvalue weighted by Gasteiger charge is -2.34. The van der Waals surface area contributed by atoms with Crippen molar-refractivity contribution in [1.29, 1.82) is 0 Å².